The maximum Gasteiger partial charge on any atom is 0.273 e. The fraction of sp³-hybridized carbons (Fsp3) is 0.194. The van der Waals surface area contributed by atoms with Gasteiger partial charge in [0.15, 0.2) is 11.0 Å². The summed E-state index contributed by atoms with van der Waals surface area (Å²) in [5, 5.41) is 11.9. The maximum atomic E-state index is 14.9. The molecule has 0 N–H and O–H groups in total. The van der Waals surface area contributed by atoms with E-state index in [1.807, 2.05) is 40.6 Å². The van der Waals surface area contributed by atoms with Crippen molar-refractivity contribution in [3.63, 3.8) is 0 Å². The number of thioether (sulfide) groups is 1. The van der Waals surface area contributed by atoms with Gasteiger partial charge in [-0.15, -0.1) is 21.5 Å². The molecule has 4 heterocycles. The van der Waals surface area contributed by atoms with Gasteiger partial charge in [0.2, 0.25) is 0 Å². The number of carbonyl (C=O) groups is 1. The van der Waals surface area contributed by atoms with Crippen LogP contribution in [0.25, 0.3) is 23.2 Å². The number of amides is 1. The zero-order valence-electron chi connectivity index (χ0n) is 22.7. The quantitative estimate of drug-likeness (QED) is 0.202. The molecular formula is C31H28FN7OS2. The third-order valence-electron chi connectivity index (χ3n) is 6.89. The molecule has 212 valence electrons. The van der Waals surface area contributed by atoms with Crippen molar-refractivity contribution in [2.24, 2.45) is 0 Å². The number of carbonyl (C=O) groups excluding carboxylic acids is 1. The molecule has 6 rings (SSSR count). The van der Waals surface area contributed by atoms with E-state index in [1.165, 1.54) is 34.7 Å². The van der Waals surface area contributed by atoms with E-state index in [1.54, 1.807) is 35.2 Å². The zero-order valence-corrected chi connectivity index (χ0v) is 24.3. The van der Waals surface area contributed by atoms with Gasteiger partial charge in [0.25, 0.3) is 5.91 Å². The van der Waals surface area contributed by atoms with Gasteiger partial charge in [0, 0.05) is 56.1 Å². The van der Waals surface area contributed by atoms with Crippen molar-refractivity contribution in [1.29, 1.82) is 0 Å². The number of benzene rings is 2. The largest absolute Gasteiger partial charge is 0.335 e. The fourth-order valence-electron chi connectivity index (χ4n) is 4.70. The van der Waals surface area contributed by atoms with Crippen LogP contribution in [0.3, 0.4) is 0 Å². The second-order valence-electron chi connectivity index (χ2n) is 9.65. The molecular weight excluding hydrogens is 570 g/mol. The maximum absolute atomic E-state index is 14.9. The molecule has 1 amide bonds. The summed E-state index contributed by atoms with van der Waals surface area (Å²) in [5.74, 6) is 0.581. The third-order valence-corrected chi connectivity index (χ3v) is 8.87. The first kappa shape index (κ1) is 28.0. The Kier molecular flexibility index (Phi) is 8.78. The average molecular weight is 598 g/mol. The summed E-state index contributed by atoms with van der Waals surface area (Å²) in [5.41, 5.74) is 2.79. The van der Waals surface area contributed by atoms with Crippen LogP contribution in [-0.4, -0.2) is 73.2 Å². The van der Waals surface area contributed by atoms with Gasteiger partial charge in [0.1, 0.15) is 16.5 Å². The fourth-order valence-corrected chi connectivity index (χ4v) is 6.43. The Morgan fingerprint density at radius 2 is 1.71 bits per heavy atom. The molecule has 1 aliphatic heterocycles. The Labute approximate surface area is 251 Å². The van der Waals surface area contributed by atoms with Gasteiger partial charge in [-0.1, -0.05) is 66.4 Å². The van der Waals surface area contributed by atoms with E-state index in [2.05, 4.69) is 49.4 Å². The first-order chi connectivity index (χ1) is 20.7. The lowest BCUT2D eigenvalue weighted by atomic mass is 10.2. The molecule has 1 saturated heterocycles. The van der Waals surface area contributed by atoms with Crippen molar-refractivity contribution in [1.82, 2.24) is 34.5 Å². The highest BCUT2D eigenvalue weighted by atomic mass is 32.2. The van der Waals surface area contributed by atoms with E-state index < -0.39 is 0 Å². The molecule has 0 radical (unpaired) electrons. The molecule has 3 aromatic heterocycles. The summed E-state index contributed by atoms with van der Waals surface area (Å²) in [6.45, 7) is 3.84. The number of nitrogens with zero attached hydrogens (tertiary/aromatic N) is 7. The van der Waals surface area contributed by atoms with Crippen molar-refractivity contribution < 1.29 is 9.18 Å². The Bertz CT molecular complexity index is 1670. The van der Waals surface area contributed by atoms with Crippen LogP contribution < -0.4 is 0 Å². The van der Waals surface area contributed by atoms with Crippen molar-refractivity contribution in [3.8, 4) is 17.1 Å². The SMILES string of the molecule is O=C(c1csc(CSc2nnc(-c3ccncc3)n2-c2ccccc2F)n1)N1CCN(C/C=C/c2ccccc2)CC1. The second-order valence-corrected chi connectivity index (χ2v) is 11.5. The van der Waals surface area contributed by atoms with Crippen LogP contribution in [0.5, 0.6) is 0 Å². The summed E-state index contributed by atoms with van der Waals surface area (Å²) in [6.07, 6.45) is 7.63. The molecule has 0 spiro atoms. The van der Waals surface area contributed by atoms with Crippen molar-refractivity contribution >= 4 is 35.1 Å². The van der Waals surface area contributed by atoms with Gasteiger partial charge in [-0.3, -0.25) is 19.2 Å². The standard InChI is InChI=1S/C31H28FN7OS2/c32-25-10-4-5-11-27(25)39-29(24-12-14-33-15-13-24)35-36-31(39)42-22-28-34-26(21-41-28)30(40)38-19-17-37(18-20-38)16-6-9-23-7-2-1-3-8-23/h1-15,21H,16-20,22H2/b9-6+. The topological polar surface area (TPSA) is 80.0 Å². The first-order valence-corrected chi connectivity index (χ1v) is 15.4. The third kappa shape index (κ3) is 6.48. The summed E-state index contributed by atoms with van der Waals surface area (Å²) in [6, 6.07) is 20.4. The van der Waals surface area contributed by atoms with Gasteiger partial charge in [-0.2, -0.15) is 0 Å². The van der Waals surface area contributed by atoms with Gasteiger partial charge < -0.3 is 4.90 Å². The highest BCUT2D eigenvalue weighted by molar-refractivity contribution is 7.98. The predicted octanol–water partition coefficient (Wildman–Crippen LogP) is 5.69. The Morgan fingerprint density at radius 3 is 2.50 bits per heavy atom. The van der Waals surface area contributed by atoms with Gasteiger partial charge in [-0.05, 0) is 29.8 Å². The van der Waals surface area contributed by atoms with E-state index in [4.69, 9.17) is 0 Å². The predicted molar refractivity (Wildman–Crippen MR) is 164 cm³/mol. The summed E-state index contributed by atoms with van der Waals surface area (Å²) in [7, 11) is 0. The van der Waals surface area contributed by atoms with Crippen molar-refractivity contribution in [3.05, 3.63) is 113 Å². The molecule has 0 atom stereocenters. The van der Waals surface area contributed by atoms with E-state index >= 15 is 0 Å². The number of piperazine rings is 1. The van der Waals surface area contributed by atoms with Crippen molar-refractivity contribution in [2.75, 3.05) is 32.7 Å². The van der Waals surface area contributed by atoms with Gasteiger partial charge >= 0.3 is 0 Å². The molecule has 0 bridgehead atoms. The summed E-state index contributed by atoms with van der Waals surface area (Å²) < 4.78 is 16.6. The van der Waals surface area contributed by atoms with E-state index in [0.717, 1.165) is 30.2 Å². The number of thiazole rings is 1. The molecule has 42 heavy (non-hydrogen) atoms. The Hall–Kier alpha value is -4.19. The first-order valence-electron chi connectivity index (χ1n) is 13.6. The minimum Gasteiger partial charge on any atom is -0.335 e. The van der Waals surface area contributed by atoms with Gasteiger partial charge in [-0.25, -0.2) is 9.37 Å². The lowest BCUT2D eigenvalue weighted by molar-refractivity contribution is 0.0645. The molecule has 11 heteroatoms. The number of halogens is 1. The van der Waals surface area contributed by atoms with Gasteiger partial charge in [0.05, 0.1) is 11.4 Å². The Balaban J connectivity index is 1.08. The van der Waals surface area contributed by atoms with Crippen LogP contribution in [0.2, 0.25) is 0 Å². The van der Waals surface area contributed by atoms with Crippen LogP contribution >= 0.6 is 23.1 Å². The highest BCUT2D eigenvalue weighted by Crippen LogP contribution is 2.31. The highest BCUT2D eigenvalue weighted by Gasteiger charge is 2.24. The number of rotatable bonds is 9. The van der Waals surface area contributed by atoms with Crippen LogP contribution in [0.4, 0.5) is 4.39 Å². The second kappa shape index (κ2) is 13.2. The molecule has 5 aromatic rings. The number of aromatic nitrogens is 5. The molecule has 8 nitrogen and oxygen atoms in total. The van der Waals surface area contributed by atoms with E-state index in [0.29, 0.717) is 41.2 Å². The molecule has 0 saturated carbocycles. The number of hydrogen-bond acceptors (Lipinski definition) is 8. The summed E-state index contributed by atoms with van der Waals surface area (Å²) >= 11 is 2.84. The lowest BCUT2D eigenvalue weighted by Crippen LogP contribution is -2.48. The minimum absolute atomic E-state index is 0.0449. The Morgan fingerprint density at radius 1 is 0.952 bits per heavy atom. The van der Waals surface area contributed by atoms with Crippen LogP contribution in [0.1, 0.15) is 21.1 Å². The van der Waals surface area contributed by atoms with Crippen LogP contribution in [0.15, 0.2) is 95.7 Å². The smallest absolute Gasteiger partial charge is 0.273 e. The normalized spacial score (nSPS) is 14.1. The van der Waals surface area contributed by atoms with E-state index in [-0.39, 0.29) is 11.7 Å². The van der Waals surface area contributed by atoms with Crippen molar-refractivity contribution in [2.45, 2.75) is 10.9 Å². The summed E-state index contributed by atoms with van der Waals surface area (Å²) in [4.78, 5) is 26.1. The van der Waals surface area contributed by atoms with Crippen LogP contribution in [0, 0.1) is 5.82 Å². The molecule has 1 fully saturated rings. The molecule has 0 unspecified atom stereocenters. The zero-order chi connectivity index (χ0) is 28.7. The molecule has 2 aromatic carbocycles. The lowest BCUT2D eigenvalue weighted by Gasteiger charge is -2.33. The molecule has 1 aliphatic rings. The number of hydrogen-bond donors (Lipinski definition) is 0. The minimum atomic E-state index is -0.371. The number of pyridine rings is 1. The average Bonchev–Trinajstić information content (AvgIpc) is 3.69. The molecule has 0 aliphatic carbocycles. The monoisotopic (exact) mass is 597 g/mol. The number of para-hydroxylation sites is 1. The van der Waals surface area contributed by atoms with E-state index in [9.17, 15) is 9.18 Å². The van der Waals surface area contributed by atoms with Crippen LogP contribution in [-0.2, 0) is 5.75 Å².